The number of rotatable bonds is 19. The van der Waals surface area contributed by atoms with Crippen LogP contribution in [0.3, 0.4) is 0 Å². The number of nitrogens with one attached hydrogen (secondary N) is 11. The van der Waals surface area contributed by atoms with Gasteiger partial charge < -0.3 is 79.2 Å². The number of carbonyl (C=O) groups is 10. The summed E-state index contributed by atoms with van der Waals surface area (Å²) in [4.78, 5) is 137. The molecule has 9 amide bonds. The molecule has 29 heteroatoms. The molecule has 2 aliphatic heterocycles. The van der Waals surface area contributed by atoms with Gasteiger partial charge in [0.1, 0.15) is 42.3 Å². The molecule has 2 bridgehead atoms. The molecule has 0 spiro atoms. The van der Waals surface area contributed by atoms with Crippen molar-refractivity contribution in [1.82, 2.24) is 53.2 Å². The van der Waals surface area contributed by atoms with Crippen LogP contribution >= 0.6 is 33.3 Å². The molecule has 2 saturated heterocycles. The van der Waals surface area contributed by atoms with Crippen LogP contribution < -0.4 is 64.6 Å². The van der Waals surface area contributed by atoms with Crippen molar-refractivity contribution in [3.05, 3.63) is 35.9 Å². The normalized spacial score (nSPS) is 23.7. The van der Waals surface area contributed by atoms with Crippen molar-refractivity contribution in [2.75, 3.05) is 76.1 Å². The zero-order valence-electron chi connectivity index (χ0n) is 39.9. The summed E-state index contributed by atoms with van der Waals surface area (Å²) < 4.78 is 10.4. The van der Waals surface area contributed by atoms with Gasteiger partial charge >= 0.3 is 5.97 Å². The van der Waals surface area contributed by atoms with Crippen molar-refractivity contribution < 1.29 is 62.5 Å². The SMILES string of the molecule is COCCOCCNC(=O)[C@@H]1CSCC(=O)N[C@@H](CCCCN)C(=O)N[C@H]2CSSC[C@H](NC(=O)[C@H](CC(=O)O)NC(=O)CNC(=O)[C@H](CCCNC(=N)N)NC2=O)C(=O)N[C@@H](Cc2ccccc2)C(=O)N1. The first kappa shape index (κ1) is 60.4. The molecular formula is C43H67N13O13S3. The number of benzene rings is 1. The van der Waals surface area contributed by atoms with Crippen molar-refractivity contribution in [2.24, 2.45) is 11.5 Å². The average molecular weight is 1070 g/mol. The fraction of sp³-hybridized carbons (Fsp3) is 0.605. The quantitative estimate of drug-likeness (QED) is 0.0269. The molecule has 400 valence electrons. The third kappa shape index (κ3) is 23.6. The topological polar surface area (TPSA) is 406 Å². The van der Waals surface area contributed by atoms with Gasteiger partial charge in [-0.3, -0.25) is 53.4 Å². The minimum absolute atomic E-state index is 0.0370. The number of carbonyl (C=O) groups excluding carboxylic acids is 9. The molecule has 7 atom stereocenters. The largest absolute Gasteiger partial charge is 0.481 e. The minimum Gasteiger partial charge on any atom is -0.481 e. The van der Waals surface area contributed by atoms with E-state index in [4.69, 9.17) is 26.4 Å². The highest BCUT2D eigenvalue weighted by atomic mass is 33.1. The number of amides is 9. The average Bonchev–Trinajstić information content (AvgIpc) is 3.33. The molecular weight excluding hydrogens is 1000 g/mol. The van der Waals surface area contributed by atoms with Crippen LogP contribution in [0.25, 0.3) is 0 Å². The zero-order valence-corrected chi connectivity index (χ0v) is 42.3. The number of nitrogens with two attached hydrogens (primary N) is 2. The van der Waals surface area contributed by atoms with Crippen LogP contribution in [0.15, 0.2) is 30.3 Å². The molecule has 2 heterocycles. The highest BCUT2D eigenvalue weighted by Crippen LogP contribution is 2.24. The Morgan fingerprint density at radius 3 is 1.94 bits per heavy atom. The van der Waals surface area contributed by atoms with E-state index in [9.17, 15) is 53.1 Å². The summed E-state index contributed by atoms with van der Waals surface area (Å²) in [6.45, 7) is 0.310. The highest BCUT2D eigenvalue weighted by molar-refractivity contribution is 8.76. The number of methoxy groups -OCH3 is 1. The highest BCUT2D eigenvalue weighted by Gasteiger charge is 2.35. The van der Waals surface area contributed by atoms with E-state index < -0.39 is 114 Å². The monoisotopic (exact) mass is 1070 g/mol. The summed E-state index contributed by atoms with van der Waals surface area (Å²) >= 11 is 0.960. The lowest BCUT2D eigenvalue weighted by Gasteiger charge is -2.27. The summed E-state index contributed by atoms with van der Waals surface area (Å²) in [7, 11) is 3.42. The van der Waals surface area contributed by atoms with Crippen molar-refractivity contribution in [3.8, 4) is 0 Å². The van der Waals surface area contributed by atoms with Crippen LogP contribution in [0.2, 0.25) is 0 Å². The van der Waals surface area contributed by atoms with Gasteiger partial charge in [0.05, 0.1) is 38.5 Å². The molecule has 0 aliphatic carbocycles. The van der Waals surface area contributed by atoms with Gasteiger partial charge in [-0.1, -0.05) is 51.9 Å². The number of ether oxygens (including phenoxy) is 2. The molecule has 2 fully saturated rings. The first-order valence-electron chi connectivity index (χ1n) is 23.1. The molecule has 1 aromatic carbocycles. The first-order chi connectivity index (χ1) is 34.5. The van der Waals surface area contributed by atoms with Gasteiger partial charge in [0, 0.05) is 43.9 Å². The Kier molecular flexibility index (Phi) is 28.3. The van der Waals surface area contributed by atoms with Crippen molar-refractivity contribution >= 4 is 98.4 Å². The molecule has 26 nitrogen and oxygen atoms in total. The van der Waals surface area contributed by atoms with Gasteiger partial charge in [-0.2, -0.15) is 0 Å². The van der Waals surface area contributed by atoms with Crippen LogP contribution in [0, 0.1) is 5.41 Å². The lowest BCUT2D eigenvalue weighted by molar-refractivity contribution is -0.141. The van der Waals surface area contributed by atoms with Gasteiger partial charge in [0.2, 0.25) is 53.2 Å². The number of carboxylic acid groups (broad SMARTS) is 1. The Labute approximate surface area is 428 Å². The van der Waals surface area contributed by atoms with Crippen LogP contribution in [0.5, 0.6) is 0 Å². The maximum Gasteiger partial charge on any atom is 0.305 e. The van der Waals surface area contributed by atoms with Crippen LogP contribution in [0.1, 0.15) is 44.1 Å². The minimum atomic E-state index is -1.77. The van der Waals surface area contributed by atoms with E-state index in [0.29, 0.717) is 25.0 Å². The van der Waals surface area contributed by atoms with Crippen LogP contribution in [-0.4, -0.2) is 189 Å². The third-order valence-electron chi connectivity index (χ3n) is 10.5. The fourth-order valence-corrected chi connectivity index (χ4v) is 9.99. The van der Waals surface area contributed by atoms with E-state index >= 15 is 0 Å². The number of hydrogen-bond donors (Lipinski definition) is 14. The maximum atomic E-state index is 14.4. The number of fused-ring (bicyclic) bond motifs is 5. The van der Waals surface area contributed by atoms with E-state index in [1.54, 1.807) is 30.3 Å². The maximum absolute atomic E-state index is 14.4. The molecule has 0 unspecified atom stereocenters. The van der Waals surface area contributed by atoms with E-state index in [1.807, 2.05) is 0 Å². The van der Waals surface area contributed by atoms with E-state index in [2.05, 4.69) is 53.2 Å². The van der Waals surface area contributed by atoms with Gasteiger partial charge in [0.25, 0.3) is 0 Å². The number of thioether (sulfide) groups is 1. The van der Waals surface area contributed by atoms with Crippen LogP contribution in [-0.2, 0) is 63.8 Å². The predicted octanol–water partition coefficient (Wildman–Crippen LogP) is -4.47. The molecule has 0 saturated carbocycles. The van der Waals surface area contributed by atoms with Gasteiger partial charge in [0.15, 0.2) is 5.96 Å². The first-order valence-corrected chi connectivity index (χ1v) is 26.7. The van der Waals surface area contributed by atoms with E-state index in [1.165, 1.54) is 7.11 Å². The molecule has 16 N–H and O–H groups in total. The zero-order chi connectivity index (χ0) is 52.8. The lowest BCUT2D eigenvalue weighted by atomic mass is 10.0. The second-order valence-corrected chi connectivity index (χ2v) is 19.9. The standard InChI is InChI=1S/C43H67N13O13S3/c1-68-16-17-69-15-14-47-37(62)30-21-70-24-34(58)50-27(10-5-6-12-44)38(63)55-31-22-71-72-23-32(42(67)53-28(39(64)54-30)18-25-8-3-2-4-9-25)56-40(65)29(19-35(59)60)51-33(57)20-49-36(61)26(52-41(31)66)11-7-13-48-43(45)46/h2-4,8-9,26-32H,5-7,10-24,44H2,1H3,(H,47,62)(H,49,61)(H,50,58)(H,51,57)(H,52,66)(H,53,67)(H,54,64)(H,55,63)(H,56,65)(H,59,60)(H4,45,46,48)/t26-,27-,28-,29-,30-,31-,32-/m0/s1. The smallest absolute Gasteiger partial charge is 0.305 e. The van der Waals surface area contributed by atoms with E-state index in [-0.39, 0.29) is 87.5 Å². The molecule has 3 rings (SSSR count). The number of hydrogen-bond acceptors (Lipinski definition) is 17. The Morgan fingerprint density at radius 1 is 0.694 bits per heavy atom. The Balaban J connectivity index is 2.14. The van der Waals surface area contributed by atoms with Crippen molar-refractivity contribution in [3.63, 3.8) is 0 Å². The molecule has 0 aromatic heterocycles. The van der Waals surface area contributed by atoms with E-state index in [0.717, 1.165) is 33.3 Å². The third-order valence-corrected chi connectivity index (χ3v) is 14.0. The Bertz CT molecular complexity index is 2010. The molecule has 1 aromatic rings. The second kappa shape index (κ2) is 33.7. The Morgan fingerprint density at radius 2 is 1.31 bits per heavy atom. The molecule has 2 aliphatic rings. The number of carboxylic acids is 1. The summed E-state index contributed by atoms with van der Waals surface area (Å²) in [5.41, 5.74) is 11.7. The summed E-state index contributed by atoms with van der Waals surface area (Å²) in [6.07, 6.45) is 0.0293. The predicted molar refractivity (Wildman–Crippen MR) is 269 cm³/mol. The molecule has 72 heavy (non-hydrogen) atoms. The lowest BCUT2D eigenvalue weighted by Crippen LogP contribution is -2.60. The van der Waals surface area contributed by atoms with Gasteiger partial charge in [-0.05, 0) is 44.2 Å². The number of aliphatic carboxylic acids is 1. The fourth-order valence-electron chi connectivity index (χ4n) is 6.80. The van der Waals surface area contributed by atoms with Gasteiger partial charge in [-0.25, -0.2) is 0 Å². The van der Waals surface area contributed by atoms with Crippen molar-refractivity contribution in [2.45, 2.75) is 87.2 Å². The second-order valence-electron chi connectivity index (χ2n) is 16.3. The number of unbranched alkanes of at least 4 members (excludes halogenated alkanes) is 1. The summed E-state index contributed by atoms with van der Waals surface area (Å²) in [5, 5.41) is 42.9. The number of guanidine groups is 1. The van der Waals surface area contributed by atoms with Crippen LogP contribution in [0.4, 0.5) is 0 Å². The van der Waals surface area contributed by atoms with Crippen molar-refractivity contribution in [1.29, 1.82) is 5.41 Å². The summed E-state index contributed by atoms with van der Waals surface area (Å²) in [6, 6.07) is -1.38. The summed E-state index contributed by atoms with van der Waals surface area (Å²) in [5.74, 6) is -10.4. The van der Waals surface area contributed by atoms with Gasteiger partial charge in [-0.15, -0.1) is 11.8 Å². The molecule has 0 radical (unpaired) electrons. The Hall–Kier alpha value is -5.88.